The molecule has 0 atom stereocenters. The number of nitrogens with two attached hydrogens (primary N) is 1. The van der Waals surface area contributed by atoms with Crippen LogP contribution in [0.1, 0.15) is 12.5 Å². The van der Waals surface area contributed by atoms with E-state index in [1.165, 1.54) is 0 Å². The zero-order valence-electron chi connectivity index (χ0n) is 11.6. The lowest BCUT2D eigenvalue weighted by Crippen LogP contribution is -2.33. The lowest BCUT2D eigenvalue weighted by molar-refractivity contribution is -0.121. The molecule has 1 aromatic carbocycles. The van der Waals surface area contributed by atoms with Crippen molar-refractivity contribution in [2.45, 2.75) is 6.92 Å². The van der Waals surface area contributed by atoms with Gasteiger partial charge in [-0.2, -0.15) is 0 Å². The van der Waals surface area contributed by atoms with Crippen LogP contribution in [0.5, 0.6) is 0 Å². The molecule has 1 aromatic rings. The lowest BCUT2D eigenvalue weighted by atomic mass is 10.1. The maximum Gasteiger partial charge on any atom is 0.266 e. The van der Waals surface area contributed by atoms with E-state index >= 15 is 0 Å². The van der Waals surface area contributed by atoms with Gasteiger partial charge in [0.05, 0.1) is 20.8 Å². The number of carbonyl (C=O) groups is 1. The summed E-state index contributed by atoms with van der Waals surface area (Å²) >= 11 is 6.18. The first-order valence-corrected chi connectivity index (χ1v) is 9.03. The zero-order valence-corrected chi connectivity index (χ0v) is 14.1. The molecule has 2 N–H and O–H groups in total. The smallest absolute Gasteiger partial charge is 0.266 e. The maximum absolute atomic E-state index is 12.4. The molecule has 0 aliphatic carbocycles. The van der Waals surface area contributed by atoms with Crippen LogP contribution < -0.4 is 5.73 Å². The summed E-state index contributed by atoms with van der Waals surface area (Å²) < 4.78 is 32.4. The first-order chi connectivity index (χ1) is 10.2. The van der Waals surface area contributed by atoms with Crippen molar-refractivity contribution in [3.05, 3.63) is 34.7 Å². The minimum absolute atomic E-state index is 0.232. The lowest BCUT2D eigenvalue weighted by Gasteiger charge is -2.15. The van der Waals surface area contributed by atoms with Crippen molar-refractivity contribution in [3.8, 4) is 0 Å². The summed E-state index contributed by atoms with van der Waals surface area (Å²) in [6.07, 6.45) is 0. The topological polar surface area (TPSA) is 104 Å². The van der Waals surface area contributed by atoms with Crippen LogP contribution in [0.3, 0.4) is 0 Å². The first-order valence-electron chi connectivity index (χ1n) is 6.23. The number of thioether (sulfide) groups is 1. The molecule has 0 spiro atoms. The van der Waals surface area contributed by atoms with E-state index in [4.69, 9.17) is 18.0 Å². The highest BCUT2D eigenvalue weighted by Crippen LogP contribution is 2.36. The van der Waals surface area contributed by atoms with Crippen LogP contribution in [-0.4, -0.2) is 40.4 Å². The molecule has 0 unspecified atom stereocenters. The van der Waals surface area contributed by atoms with E-state index in [1.54, 1.807) is 25.1 Å². The summed E-state index contributed by atoms with van der Waals surface area (Å²) in [6.45, 7) is 1.54. The largest absolute Gasteiger partial charge is 0.748 e. The highest BCUT2D eigenvalue weighted by molar-refractivity contribution is 8.26. The molecule has 0 radical (unpaired) electrons. The van der Waals surface area contributed by atoms with Gasteiger partial charge in [-0.15, -0.1) is 0 Å². The van der Waals surface area contributed by atoms with Gasteiger partial charge in [0.2, 0.25) is 0 Å². The fraction of sp³-hybridized carbons (Fsp3) is 0.231. The molecular weight excluding hydrogens is 344 g/mol. The molecule has 0 aromatic heterocycles. The van der Waals surface area contributed by atoms with E-state index in [1.807, 2.05) is 6.07 Å². The highest BCUT2D eigenvalue weighted by atomic mass is 32.2. The molecule has 1 aliphatic heterocycles. The Balaban J connectivity index is 2.29. The van der Waals surface area contributed by atoms with E-state index in [0.717, 1.165) is 22.2 Å². The number of nitrogen functional groups attached to an aromatic ring is 1. The number of anilines is 1. The van der Waals surface area contributed by atoms with Gasteiger partial charge in [0.25, 0.3) is 5.91 Å². The predicted octanol–water partition coefficient (Wildman–Crippen LogP) is 1.41. The van der Waals surface area contributed by atoms with E-state index in [-0.39, 0.29) is 10.9 Å². The molecule has 1 aliphatic rings. The van der Waals surface area contributed by atoms with Gasteiger partial charge in [-0.1, -0.05) is 36.1 Å². The summed E-state index contributed by atoms with van der Waals surface area (Å²) in [5.41, 5.74) is 7.80. The minimum Gasteiger partial charge on any atom is -0.748 e. The van der Waals surface area contributed by atoms with Crippen LogP contribution in [0.25, 0.3) is 5.57 Å². The zero-order chi connectivity index (χ0) is 16.5. The number of benzene rings is 1. The Hall–Kier alpha value is -1.42. The van der Waals surface area contributed by atoms with Crippen LogP contribution in [0.15, 0.2) is 29.2 Å². The van der Waals surface area contributed by atoms with E-state index < -0.39 is 21.8 Å². The number of amides is 1. The van der Waals surface area contributed by atoms with Gasteiger partial charge >= 0.3 is 0 Å². The summed E-state index contributed by atoms with van der Waals surface area (Å²) in [5.74, 6) is -1.05. The molecule has 118 valence electrons. The van der Waals surface area contributed by atoms with Gasteiger partial charge in [-0.25, -0.2) is 8.42 Å². The monoisotopic (exact) mass is 357 g/mol. The second-order valence-corrected chi connectivity index (χ2v) is 7.83. The number of hydrogen-bond donors (Lipinski definition) is 1. The quantitative estimate of drug-likeness (QED) is 0.376. The Morgan fingerprint density at radius 1 is 1.45 bits per heavy atom. The summed E-state index contributed by atoms with van der Waals surface area (Å²) in [6, 6.07) is 7.07. The normalized spacial score (nSPS) is 18.0. The van der Waals surface area contributed by atoms with Crippen molar-refractivity contribution in [1.82, 2.24) is 4.90 Å². The molecule has 22 heavy (non-hydrogen) atoms. The minimum atomic E-state index is -4.40. The van der Waals surface area contributed by atoms with Gasteiger partial charge in [0, 0.05) is 12.2 Å². The van der Waals surface area contributed by atoms with Crippen molar-refractivity contribution in [2.24, 2.45) is 0 Å². The second-order valence-electron chi connectivity index (χ2n) is 4.67. The molecule has 1 heterocycles. The number of rotatable bonds is 4. The first kappa shape index (κ1) is 16.9. The van der Waals surface area contributed by atoms with Gasteiger partial charge < -0.3 is 10.3 Å². The fourth-order valence-electron chi connectivity index (χ4n) is 1.93. The Bertz CT molecular complexity index is 771. The Kier molecular flexibility index (Phi) is 4.90. The molecule has 9 heteroatoms. The highest BCUT2D eigenvalue weighted by Gasteiger charge is 2.33. The number of thiocarbonyl (C=S) groups is 1. The standard InChI is InChI=1S/C13H14N2O4S3/c1-8(9-3-2-4-10(14)7-9)11-12(16)15(13(20)21-11)5-6-22(17,18)19/h2-4,7H,5-6,14H2,1H3,(H,17,18,19)/p-1/b11-8+. The summed E-state index contributed by atoms with van der Waals surface area (Å²) in [4.78, 5) is 13.9. The molecule has 6 nitrogen and oxygen atoms in total. The summed E-state index contributed by atoms with van der Waals surface area (Å²) in [7, 11) is -4.40. The van der Waals surface area contributed by atoms with Crippen LogP contribution in [0.4, 0.5) is 5.69 Å². The van der Waals surface area contributed by atoms with Gasteiger partial charge in [-0.3, -0.25) is 9.69 Å². The third kappa shape index (κ3) is 3.86. The molecule has 1 amide bonds. The number of carbonyl (C=O) groups excluding carboxylic acids is 1. The third-order valence-electron chi connectivity index (χ3n) is 3.07. The average Bonchev–Trinajstić information content (AvgIpc) is 2.70. The van der Waals surface area contributed by atoms with Crippen LogP contribution >= 0.6 is 24.0 Å². The van der Waals surface area contributed by atoms with Crippen LogP contribution in [0, 0.1) is 0 Å². The number of allylic oxidation sites excluding steroid dienone is 1. The molecule has 2 rings (SSSR count). The molecule has 1 fully saturated rings. The second kappa shape index (κ2) is 6.37. The number of nitrogens with zero attached hydrogens (tertiary/aromatic N) is 1. The molecular formula is C13H13N2O4S3-. The molecule has 1 saturated heterocycles. The van der Waals surface area contributed by atoms with Gasteiger partial charge in [0.15, 0.2) is 0 Å². The van der Waals surface area contributed by atoms with Crippen LogP contribution in [-0.2, 0) is 14.9 Å². The van der Waals surface area contributed by atoms with Crippen molar-refractivity contribution in [1.29, 1.82) is 0 Å². The Labute approximate surface area is 138 Å². The molecule has 0 saturated carbocycles. The predicted molar refractivity (Wildman–Crippen MR) is 89.9 cm³/mol. The van der Waals surface area contributed by atoms with Crippen molar-refractivity contribution in [2.75, 3.05) is 18.0 Å². The maximum atomic E-state index is 12.4. The summed E-state index contributed by atoms with van der Waals surface area (Å²) in [5, 5.41) is 0. The Morgan fingerprint density at radius 3 is 2.73 bits per heavy atom. The van der Waals surface area contributed by atoms with Gasteiger partial charge in [-0.05, 0) is 30.2 Å². The average molecular weight is 357 g/mol. The van der Waals surface area contributed by atoms with Crippen molar-refractivity contribution < 1.29 is 17.8 Å². The van der Waals surface area contributed by atoms with E-state index in [0.29, 0.717) is 16.2 Å². The van der Waals surface area contributed by atoms with E-state index in [9.17, 15) is 17.8 Å². The fourth-order valence-corrected chi connectivity index (χ4v) is 3.69. The number of hydrogen-bond acceptors (Lipinski definition) is 7. The van der Waals surface area contributed by atoms with Crippen LogP contribution in [0.2, 0.25) is 0 Å². The Morgan fingerprint density at radius 2 is 2.14 bits per heavy atom. The SMILES string of the molecule is C/C(=C1\SC(=S)N(CCS(=O)(=O)[O-])C1=O)c1cccc(N)c1. The third-order valence-corrected chi connectivity index (χ3v) is 5.31. The van der Waals surface area contributed by atoms with Crippen molar-refractivity contribution in [3.63, 3.8) is 0 Å². The van der Waals surface area contributed by atoms with E-state index in [2.05, 4.69) is 0 Å². The van der Waals surface area contributed by atoms with Gasteiger partial charge in [0.1, 0.15) is 4.32 Å². The molecule has 0 bridgehead atoms. The van der Waals surface area contributed by atoms with Crippen molar-refractivity contribution >= 4 is 55.6 Å².